The van der Waals surface area contributed by atoms with Gasteiger partial charge in [0.1, 0.15) is 6.54 Å². The molecule has 1 heterocycles. The fourth-order valence-electron chi connectivity index (χ4n) is 3.99. The third-order valence-corrected chi connectivity index (χ3v) is 5.30. The Morgan fingerprint density at radius 2 is 2.05 bits per heavy atom. The zero-order valence-electron chi connectivity index (χ0n) is 12.9. The number of nitrogens with one attached hydrogen (secondary N) is 2. The first kappa shape index (κ1) is 14.4. The van der Waals surface area contributed by atoms with Crippen molar-refractivity contribution < 1.29 is 4.79 Å². The first-order chi connectivity index (χ1) is 10.2. The molecule has 116 valence electrons. The molecule has 5 nitrogen and oxygen atoms in total. The number of carbonyl (C=O) groups is 1. The number of aromatic nitrogens is 2. The second kappa shape index (κ2) is 6.08. The summed E-state index contributed by atoms with van der Waals surface area (Å²) in [6.45, 7) is 0.284. The van der Waals surface area contributed by atoms with Gasteiger partial charge in [-0.05, 0) is 43.9 Å². The largest absolute Gasteiger partial charge is 0.380 e. The van der Waals surface area contributed by atoms with Gasteiger partial charge in [0.15, 0.2) is 0 Å². The smallest absolute Gasteiger partial charge is 0.241 e. The molecular weight excluding hydrogens is 264 g/mol. The molecule has 2 N–H and O–H groups in total. The van der Waals surface area contributed by atoms with Gasteiger partial charge in [0.25, 0.3) is 0 Å². The van der Waals surface area contributed by atoms with E-state index in [0.717, 1.165) is 5.69 Å². The monoisotopic (exact) mass is 290 g/mol. The maximum absolute atomic E-state index is 11.3. The molecule has 21 heavy (non-hydrogen) atoms. The molecule has 0 unspecified atom stereocenters. The van der Waals surface area contributed by atoms with E-state index in [2.05, 4.69) is 15.7 Å². The summed E-state index contributed by atoms with van der Waals surface area (Å²) in [5, 5.41) is 10.4. The SMILES string of the molecule is CNC(=O)Cn1cc(NC2CCC3(CCCC3)CC2)cn1. The number of anilines is 1. The van der Waals surface area contributed by atoms with E-state index in [4.69, 9.17) is 0 Å². The summed E-state index contributed by atoms with van der Waals surface area (Å²) in [5.74, 6) is -0.0227. The number of hydrogen-bond donors (Lipinski definition) is 2. The van der Waals surface area contributed by atoms with E-state index >= 15 is 0 Å². The van der Waals surface area contributed by atoms with Gasteiger partial charge in [0.05, 0.1) is 11.9 Å². The predicted molar refractivity (Wildman–Crippen MR) is 83.1 cm³/mol. The van der Waals surface area contributed by atoms with Crippen LogP contribution < -0.4 is 10.6 Å². The second-order valence-corrected chi connectivity index (χ2v) is 6.73. The zero-order chi connectivity index (χ0) is 14.7. The predicted octanol–water partition coefficient (Wildman–Crippen LogP) is 2.54. The topological polar surface area (TPSA) is 59.0 Å². The molecule has 0 aliphatic heterocycles. The zero-order valence-corrected chi connectivity index (χ0v) is 12.9. The number of hydrogen-bond acceptors (Lipinski definition) is 3. The molecule has 3 rings (SSSR count). The first-order valence-corrected chi connectivity index (χ1v) is 8.19. The van der Waals surface area contributed by atoms with Crippen LogP contribution >= 0.6 is 0 Å². The number of nitrogens with zero attached hydrogens (tertiary/aromatic N) is 2. The van der Waals surface area contributed by atoms with Crippen LogP contribution in [0.25, 0.3) is 0 Å². The lowest BCUT2D eigenvalue weighted by Crippen LogP contribution is -2.31. The number of amides is 1. The van der Waals surface area contributed by atoms with Crippen molar-refractivity contribution in [2.24, 2.45) is 5.41 Å². The van der Waals surface area contributed by atoms with Gasteiger partial charge >= 0.3 is 0 Å². The van der Waals surface area contributed by atoms with E-state index in [9.17, 15) is 4.79 Å². The highest BCUT2D eigenvalue weighted by Crippen LogP contribution is 2.49. The Morgan fingerprint density at radius 1 is 1.33 bits per heavy atom. The molecule has 0 bridgehead atoms. The van der Waals surface area contributed by atoms with E-state index in [-0.39, 0.29) is 12.5 Å². The van der Waals surface area contributed by atoms with Crippen molar-refractivity contribution in [2.45, 2.75) is 64.0 Å². The molecule has 1 aromatic rings. The summed E-state index contributed by atoms with van der Waals surface area (Å²) in [6, 6.07) is 0.564. The molecule has 1 spiro atoms. The maximum Gasteiger partial charge on any atom is 0.241 e. The molecule has 1 aromatic heterocycles. The molecule has 5 heteroatoms. The van der Waals surface area contributed by atoms with E-state index in [0.29, 0.717) is 11.5 Å². The third-order valence-electron chi connectivity index (χ3n) is 5.30. The maximum atomic E-state index is 11.3. The van der Waals surface area contributed by atoms with Crippen LogP contribution in [0.3, 0.4) is 0 Å². The van der Waals surface area contributed by atoms with E-state index in [1.165, 1.54) is 51.4 Å². The average molecular weight is 290 g/mol. The van der Waals surface area contributed by atoms with Gasteiger partial charge in [0.2, 0.25) is 5.91 Å². The molecule has 1 amide bonds. The summed E-state index contributed by atoms with van der Waals surface area (Å²) in [6.07, 6.45) is 14.8. The van der Waals surface area contributed by atoms with Crippen molar-refractivity contribution in [3.63, 3.8) is 0 Å². The minimum absolute atomic E-state index is 0.0227. The minimum atomic E-state index is -0.0227. The Balaban J connectivity index is 1.50. The second-order valence-electron chi connectivity index (χ2n) is 6.73. The van der Waals surface area contributed by atoms with Crippen LogP contribution in [-0.4, -0.2) is 28.8 Å². The molecule has 0 aromatic carbocycles. The minimum Gasteiger partial charge on any atom is -0.380 e. The van der Waals surface area contributed by atoms with Crippen LogP contribution in [0.1, 0.15) is 51.4 Å². The van der Waals surface area contributed by atoms with Crippen LogP contribution in [-0.2, 0) is 11.3 Å². The van der Waals surface area contributed by atoms with Gasteiger partial charge < -0.3 is 10.6 Å². The highest BCUT2D eigenvalue weighted by Gasteiger charge is 2.37. The van der Waals surface area contributed by atoms with Gasteiger partial charge in [0, 0.05) is 19.3 Å². The Labute approximate surface area is 126 Å². The van der Waals surface area contributed by atoms with E-state index in [1.807, 2.05) is 12.4 Å². The normalized spacial score (nSPS) is 21.6. The fraction of sp³-hybridized carbons (Fsp3) is 0.750. The lowest BCUT2D eigenvalue weighted by molar-refractivity contribution is -0.121. The average Bonchev–Trinajstić information content (AvgIpc) is 3.12. The lowest BCUT2D eigenvalue weighted by Gasteiger charge is -2.37. The Kier molecular flexibility index (Phi) is 4.17. The number of rotatable bonds is 4. The molecule has 0 atom stereocenters. The third kappa shape index (κ3) is 3.39. The van der Waals surface area contributed by atoms with Crippen molar-refractivity contribution in [1.82, 2.24) is 15.1 Å². The van der Waals surface area contributed by atoms with Crippen molar-refractivity contribution in [1.29, 1.82) is 0 Å². The Bertz CT molecular complexity index is 480. The van der Waals surface area contributed by atoms with Crippen molar-refractivity contribution >= 4 is 11.6 Å². The number of likely N-dealkylation sites (N-methyl/N-ethyl adjacent to an activating group) is 1. The molecule has 2 fully saturated rings. The summed E-state index contributed by atoms with van der Waals surface area (Å²) >= 11 is 0. The molecule has 0 radical (unpaired) electrons. The van der Waals surface area contributed by atoms with Gasteiger partial charge in [-0.1, -0.05) is 12.8 Å². The summed E-state index contributed by atoms with van der Waals surface area (Å²) in [4.78, 5) is 11.3. The van der Waals surface area contributed by atoms with Gasteiger partial charge in [-0.3, -0.25) is 9.48 Å². The standard InChI is InChI=1S/C16H26N4O/c1-17-15(21)12-20-11-14(10-18-20)19-13-4-8-16(9-5-13)6-2-3-7-16/h10-11,13,19H,2-9,12H2,1H3,(H,17,21). The molecule has 2 aliphatic rings. The lowest BCUT2D eigenvalue weighted by atomic mass is 9.71. The van der Waals surface area contributed by atoms with Crippen LogP contribution in [0.4, 0.5) is 5.69 Å². The van der Waals surface area contributed by atoms with Crippen molar-refractivity contribution in [3.8, 4) is 0 Å². The van der Waals surface area contributed by atoms with E-state index in [1.54, 1.807) is 11.7 Å². The highest BCUT2D eigenvalue weighted by molar-refractivity contribution is 5.75. The summed E-state index contributed by atoms with van der Waals surface area (Å²) < 4.78 is 1.68. The number of carbonyl (C=O) groups excluding carboxylic acids is 1. The van der Waals surface area contributed by atoms with Crippen LogP contribution in [0.2, 0.25) is 0 Å². The summed E-state index contributed by atoms with van der Waals surface area (Å²) in [5.41, 5.74) is 1.72. The molecule has 2 aliphatic carbocycles. The fourth-order valence-corrected chi connectivity index (χ4v) is 3.99. The van der Waals surface area contributed by atoms with Gasteiger partial charge in [-0.25, -0.2) is 0 Å². The molecular formula is C16H26N4O. The Morgan fingerprint density at radius 3 is 2.71 bits per heavy atom. The van der Waals surface area contributed by atoms with Crippen LogP contribution in [0.5, 0.6) is 0 Å². The Hall–Kier alpha value is -1.52. The van der Waals surface area contributed by atoms with Gasteiger partial charge in [-0.2, -0.15) is 5.10 Å². The molecule has 2 saturated carbocycles. The van der Waals surface area contributed by atoms with Crippen molar-refractivity contribution in [2.75, 3.05) is 12.4 Å². The van der Waals surface area contributed by atoms with Crippen LogP contribution in [0.15, 0.2) is 12.4 Å². The first-order valence-electron chi connectivity index (χ1n) is 8.19. The van der Waals surface area contributed by atoms with Crippen molar-refractivity contribution in [3.05, 3.63) is 12.4 Å². The highest BCUT2D eigenvalue weighted by atomic mass is 16.1. The van der Waals surface area contributed by atoms with Gasteiger partial charge in [-0.15, -0.1) is 0 Å². The summed E-state index contributed by atoms with van der Waals surface area (Å²) in [7, 11) is 1.64. The van der Waals surface area contributed by atoms with E-state index < -0.39 is 0 Å². The molecule has 0 saturated heterocycles. The quantitative estimate of drug-likeness (QED) is 0.896. The van der Waals surface area contributed by atoms with Crippen LogP contribution in [0, 0.1) is 5.41 Å².